The molecule has 0 saturated heterocycles. The molecule has 1 amide bonds. The Labute approximate surface area is 60.9 Å². The Hall–Kier alpha value is -0.610. The minimum Gasteiger partial charge on any atom is -0.383 e. The molecular weight excluding hydrogens is 132 g/mol. The molecule has 0 saturated carbocycles. The molecule has 2 N–H and O–H groups in total. The van der Waals surface area contributed by atoms with Crippen molar-refractivity contribution in [3.63, 3.8) is 0 Å². The minimum atomic E-state index is -0.307. The second kappa shape index (κ2) is 5.20. The third-order valence-electron chi connectivity index (χ3n) is 1.10. The first-order valence-corrected chi connectivity index (χ1v) is 3.12. The highest BCUT2D eigenvalue weighted by Gasteiger charge is 1.99. The maximum atomic E-state index is 10.3. The Morgan fingerprint density at radius 1 is 1.70 bits per heavy atom. The molecular formula is C6H14N2O2. The van der Waals surface area contributed by atoms with Gasteiger partial charge in [0.15, 0.2) is 0 Å². The molecule has 4 nitrogen and oxygen atoms in total. The van der Waals surface area contributed by atoms with Gasteiger partial charge in [-0.3, -0.25) is 9.69 Å². The number of rotatable bonds is 5. The van der Waals surface area contributed by atoms with Gasteiger partial charge in [-0.25, -0.2) is 0 Å². The van der Waals surface area contributed by atoms with Crippen molar-refractivity contribution in [2.24, 2.45) is 5.73 Å². The highest BCUT2D eigenvalue weighted by Crippen LogP contribution is 1.79. The quantitative estimate of drug-likeness (QED) is 0.544. The molecule has 0 aromatic heterocycles. The fourth-order valence-electron chi connectivity index (χ4n) is 0.592. The molecule has 0 aromatic carbocycles. The molecule has 0 aromatic rings. The van der Waals surface area contributed by atoms with Gasteiger partial charge in [-0.2, -0.15) is 0 Å². The van der Waals surface area contributed by atoms with E-state index in [1.54, 1.807) is 7.11 Å². The van der Waals surface area contributed by atoms with Gasteiger partial charge < -0.3 is 10.5 Å². The van der Waals surface area contributed by atoms with Crippen molar-refractivity contribution in [1.82, 2.24) is 4.90 Å². The van der Waals surface area contributed by atoms with E-state index in [-0.39, 0.29) is 5.91 Å². The molecule has 4 heteroatoms. The molecule has 60 valence electrons. The maximum Gasteiger partial charge on any atom is 0.231 e. The van der Waals surface area contributed by atoms with Crippen LogP contribution in [0.15, 0.2) is 0 Å². The molecule has 0 radical (unpaired) electrons. The van der Waals surface area contributed by atoms with E-state index in [0.717, 1.165) is 6.54 Å². The summed E-state index contributed by atoms with van der Waals surface area (Å²) in [5.41, 5.74) is 4.94. The molecule has 0 fully saturated rings. The van der Waals surface area contributed by atoms with E-state index in [9.17, 15) is 4.79 Å². The van der Waals surface area contributed by atoms with E-state index >= 15 is 0 Å². The maximum absolute atomic E-state index is 10.3. The molecule has 0 bridgehead atoms. The van der Waals surface area contributed by atoms with Gasteiger partial charge in [0.2, 0.25) is 5.91 Å². The number of nitrogens with two attached hydrogens (primary N) is 1. The van der Waals surface area contributed by atoms with Crippen LogP contribution in [0.1, 0.15) is 0 Å². The van der Waals surface area contributed by atoms with Gasteiger partial charge in [-0.1, -0.05) is 0 Å². The Kier molecular flexibility index (Phi) is 4.88. The lowest BCUT2D eigenvalue weighted by molar-refractivity contribution is -0.118. The number of hydrogen-bond acceptors (Lipinski definition) is 3. The van der Waals surface area contributed by atoms with Gasteiger partial charge >= 0.3 is 0 Å². The number of methoxy groups -OCH3 is 1. The lowest BCUT2D eigenvalue weighted by atomic mass is 10.5. The summed E-state index contributed by atoms with van der Waals surface area (Å²) in [5, 5.41) is 0. The average Bonchev–Trinajstić information content (AvgIpc) is 1.82. The van der Waals surface area contributed by atoms with Gasteiger partial charge in [0.25, 0.3) is 0 Å². The number of likely N-dealkylation sites (N-methyl/N-ethyl adjacent to an activating group) is 1. The Bertz CT molecular complexity index is 106. The minimum absolute atomic E-state index is 0.295. The predicted molar refractivity (Wildman–Crippen MR) is 38.6 cm³/mol. The van der Waals surface area contributed by atoms with Crippen LogP contribution < -0.4 is 5.73 Å². The Balaban J connectivity index is 3.25. The van der Waals surface area contributed by atoms with Crippen LogP contribution >= 0.6 is 0 Å². The Morgan fingerprint density at radius 2 is 2.30 bits per heavy atom. The monoisotopic (exact) mass is 146 g/mol. The van der Waals surface area contributed by atoms with Gasteiger partial charge in [-0.15, -0.1) is 0 Å². The molecule has 0 heterocycles. The van der Waals surface area contributed by atoms with E-state index in [0.29, 0.717) is 13.2 Å². The van der Waals surface area contributed by atoms with Crippen molar-refractivity contribution in [3.05, 3.63) is 0 Å². The highest BCUT2D eigenvalue weighted by atomic mass is 16.5. The Morgan fingerprint density at radius 3 is 2.70 bits per heavy atom. The number of amides is 1. The summed E-state index contributed by atoms with van der Waals surface area (Å²) in [7, 11) is 3.45. The van der Waals surface area contributed by atoms with Crippen molar-refractivity contribution < 1.29 is 9.53 Å². The molecule has 10 heavy (non-hydrogen) atoms. The van der Waals surface area contributed by atoms with Gasteiger partial charge in [0.1, 0.15) is 0 Å². The van der Waals surface area contributed by atoms with Crippen molar-refractivity contribution in [2.75, 3.05) is 33.9 Å². The zero-order chi connectivity index (χ0) is 7.98. The molecule has 0 rings (SSSR count). The van der Waals surface area contributed by atoms with Gasteiger partial charge in [0.05, 0.1) is 13.2 Å². The third-order valence-corrected chi connectivity index (χ3v) is 1.10. The lowest BCUT2D eigenvalue weighted by Gasteiger charge is -2.12. The van der Waals surface area contributed by atoms with E-state index in [2.05, 4.69) is 0 Å². The number of hydrogen-bond donors (Lipinski definition) is 1. The van der Waals surface area contributed by atoms with E-state index < -0.39 is 0 Å². The molecule has 0 aliphatic rings. The summed E-state index contributed by atoms with van der Waals surface area (Å²) in [5.74, 6) is -0.307. The van der Waals surface area contributed by atoms with Crippen LogP contribution in [0.4, 0.5) is 0 Å². The molecule has 0 atom stereocenters. The first-order chi connectivity index (χ1) is 4.66. The predicted octanol–water partition coefficient (Wildman–Crippen LogP) is -0.950. The molecule has 0 spiro atoms. The van der Waals surface area contributed by atoms with Crippen LogP contribution in [0.5, 0.6) is 0 Å². The van der Waals surface area contributed by atoms with E-state index in [1.807, 2.05) is 11.9 Å². The van der Waals surface area contributed by atoms with Crippen LogP contribution in [0, 0.1) is 0 Å². The summed E-state index contributed by atoms with van der Waals surface area (Å²) in [6.45, 7) is 1.66. The van der Waals surface area contributed by atoms with Crippen LogP contribution in [-0.2, 0) is 9.53 Å². The van der Waals surface area contributed by atoms with Gasteiger partial charge in [0, 0.05) is 13.7 Å². The lowest BCUT2D eigenvalue weighted by Crippen LogP contribution is -2.32. The zero-order valence-corrected chi connectivity index (χ0v) is 6.46. The van der Waals surface area contributed by atoms with Crippen LogP contribution in [-0.4, -0.2) is 44.7 Å². The average molecular weight is 146 g/mol. The second-order valence-electron chi connectivity index (χ2n) is 2.20. The summed E-state index contributed by atoms with van der Waals surface area (Å²) >= 11 is 0. The molecule has 0 aliphatic carbocycles. The van der Waals surface area contributed by atoms with Crippen LogP contribution in [0.3, 0.4) is 0 Å². The standard InChI is InChI=1S/C6H14N2O2/c1-8(3-4-10-2)5-6(7)9/h3-5H2,1-2H3,(H2,7,9). The van der Waals surface area contributed by atoms with E-state index in [4.69, 9.17) is 10.5 Å². The number of primary amides is 1. The second-order valence-corrected chi connectivity index (χ2v) is 2.20. The summed E-state index contributed by atoms with van der Waals surface area (Å²) < 4.78 is 4.80. The largest absolute Gasteiger partial charge is 0.383 e. The number of nitrogens with zero attached hydrogens (tertiary/aromatic N) is 1. The summed E-state index contributed by atoms with van der Waals surface area (Å²) in [6.07, 6.45) is 0. The normalized spacial score (nSPS) is 10.3. The fraction of sp³-hybridized carbons (Fsp3) is 0.833. The van der Waals surface area contributed by atoms with Crippen molar-refractivity contribution in [2.45, 2.75) is 0 Å². The number of carbonyl (C=O) groups is 1. The van der Waals surface area contributed by atoms with Crippen LogP contribution in [0.25, 0.3) is 0 Å². The smallest absolute Gasteiger partial charge is 0.231 e. The number of ether oxygens (including phenoxy) is 1. The van der Waals surface area contributed by atoms with Gasteiger partial charge in [-0.05, 0) is 7.05 Å². The SMILES string of the molecule is COCCN(C)CC(N)=O. The van der Waals surface area contributed by atoms with E-state index in [1.165, 1.54) is 0 Å². The van der Waals surface area contributed by atoms with Crippen molar-refractivity contribution in [1.29, 1.82) is 0 Å². The number of carbonyl (C=O) groups excluding carboxylic acids is 1. The first kappa shape index (κ1) is 9.39. The third kappa shape index (κ3) is 5.53. The van der Waals surface area contributed by atoms with Crippen molar-refractivity contribution in [3.8, 4) is 0 Å². The zero-order valence-electron chi connectivity index (χ0n) is 6.46. The summed E-state index contributed by atoms with van der Waals surface area (Å²) in [6, 6.07) is 0. The molecule has 0 unspecified atom stereocenters. The van der Waals surface area contributed by atoms with Crippen molar-refractivity contribution >= 4 is 5.91 Å². The molecule has 0 aliphatic heterocycles. The fourth-order valence-corrected chi connectivity index (χ4v) is 0.592. The van der Waals surface area contributed by atoms with Crippen LogP contribution in [0.2, 0.25) is 0 Å². The topological polar surface area (TPSA) is 55.6 Å². The summed E-state index contributed by atoms with van der Waals surface area (Å²) in [4.78, 5) is 12.1. The highest BCUT2D eigenvalue weighted by molar-refractivity contribution is 5.75. The first-order valence-electron chi connectivity index (χ1n) is 3.12.